The van der Waals surface area contributed by atoms with E-state index in [0.717, 1.165) is 5.76 Å². The molecule has 2 heterocycles. The third-order valence-electron chi connectivity index (χ3n) is 4.04. The van der Waals surface area contributed by atoms with Crippen LogP contribution in [0.4, 0.5) is 0 Å². The first kappa shape index (κ1) is 16.9. The van der Waals surface area contributed by atoms with Gasteiger partial charge in [-0.05, 0) is 38.4 Å². The maximum absolute atomic E-state index is 12.4. The van der Waals surface area contributed by atoms with Crippen LogP contribution >= 0.6 is 0 Å². The van der Waals surface area contributed by atoms with Crippen molar-refractivity contribution in [1.82, 2.24) is 19.8 Å². The average Bonchev–Trinajstić information content (AvgIpc) is 3.11. The largest absolute Gasteiger partial charge is 0.468 e. The predicted molar refractivity (Wildman–Crippen MR) is 94.1 cm³/mol. The number of furan rings is 1. The van der Waals surface area contributed by atoms with Crippen LogP contribution in [0.2, 0.25) is 0 Å². The topological polar surface area (TPSA) is 80.4 Å². The summed E-state index contributed by atoms with van der Waals surface area (Å²) in [6, 6.07) is 10.9. The number of carbonyl (C=O) groups is 1. The molecule has 0 fully saturated rings. The highest BCUT2D eigenvalue weighted by Gasteiger charge is 2.18. The lowest BCUT2D eigenvalue weighted by atomic mass is 10.2. The van der Waals surface area contributed by atoms with Crippen molar-refractivity contribution in [1.29, 1.82) is 0 Å². The molecule has 1 unspecified atom stereocenters. The van der Waals surface area contributed by atoms with E-state index < -0.39 is 0 Å². The molecule has 1 amide bonds. The Morgan fingerprint density at radius 3 is 2.80 bits per heavy atom. The summed E-state index contributed by atoms with van der Waals surface area (Å²) < 4.78 is 6.85. The third-order valence-corrected chi connectivity index (χ3v) is 4.04. The first-order valence-electron chi connectivity index (χ1n) is 7.97. The molecule has 0 saturated carbocycles. The maximum atomic E-state index is 12.4. The maximum Gasteiger partial charge on any atom is 0.269 e. The van der Waals surface area contributed by atoms with Gasteiger partial charge < -0.3 is 9.73 Å². The van der Waals surface area contributed by atoms with Gasteiger partial charge in [0.25, 0.3) is 5.56 Å². The van der Waals surface area contributed by atoms with E-state index in [1.54, 1.807) is 12.3 Å². The number of hydrogen-bond acceptors (Lipinski definition) is 5. The van der Waals surface area contributed by atoms with Crippen LogP contribution < -0.4 is 10.9 Å². The number of para-hydroxylation sites is 2. The molecule has 0 saturated heterocycles. The SMILES string of the molecule is CN(C)C(CNC(=O)Cn1c(=O)cnc2ccccc21)c1ccco1. The Bertz CT molecular complexity index is 915. The smallest absolute Gasteiger partial charge is 0.269 e. The Morgan fingerprint density at radius 2 is 2.08 bits per heavy atom. The van der Waals surface area contributed by atoms with E-state index in [1.165, 1.54) is 10.8 Å². The minimum absolute atomic E-state index is 0.0554. The molecule has 130 valence electrons. The van der Waals surface area contributed by atoms with Crippen LogP contribution in [0.15, 0.2) is 58.1 Å². The number of benzene rings is 1. The van der Waals surface area contributed by atoms with Crippen LogP contribution in [-0.4, -0.2) is 41.0 Å². The van der Waals surface area contributed by atoms with Gasteiger partial charge in [-0.2, -0.15) is 0 Å². The summed E-state index contributed by atoms with van der Waals surface area (Å²) in [5.74, 6) is 0.536. The zero-order valence-electron chi connectivity index (χ0n) is 14.2. The minimum Gasteiger partial charge on any atom is -0.468 e. The Kier molecular flexibility index (Phi) is 4.95. The van der Waals surface area contributed by atoms with Crippen molar-refractivity contribution in [2.75, 3.05) is 20.6 Å². The van der Waals surface area contributed by atoms with Crippen molar-refractivity contribution in [3.63, 3.8) is 0 Å². The molecule has 7 heteroatoms. The van der Waals surface area contributed by atoms with Gasteiger partial charge in [0.15, 0.2) is 0 Å². The summed E-state index contributed by atoms with van der Waals surface area (Å²) in [4.78, 5) is 30.5. The highest BCUT2D eigenvalue weighted by molar-refractivity contribution is 5.79. The molecule has 2 aromatic heterocycles. The summed E-state index contributed by atoms with van der Waals surface area (Å²) in [6.07, 6.45) is 2.84. The van der Waals surface area contributed by atoms with Gasteiger partial charge in [0, 0.05) is 6.54 Å². The van der Waals surface area contributed by atoms with Crippen LogP contribution in [0.3, 0.4) is 0 Å². The molecule has 25 heavy (non-hydrogen) atoms. The zero-order chi connectivity index (χ0) is 17.8. The summed E-state index contributed by atoms with van der Waals surface area (Å²) in [5, 5.41) is 2.87. The first-order valence-corrected chi connectivity index (χ1v) is 7.97. The monoisotopic (exact) mass is 340 g/mol. The molecule has 3 rings (SSSR count). The lowest BCUT2D eigenvalue weighted by molar-refractivity contribution is -0.121. The lowest BCUT2D eigenvalue weighted by Gasteiger charge is -2.22. The summed E-state index contributed by atoms with van der Waals surface area (Å²) in [6.45, 7) is 0.331. The molecule has 0 aliphatic carbocycles. The van der Waals surface area contributed by atoms with Gasteiger partial charge in [0.2, 0.25) is 5.91 Å². The van der Waals surface area contributed by atoms with Crippen LogP contribution in [0.1, 0.15) is 11.8 Å². The van der Waals surface area contributed by atoms with Crippen molar-refractivity contribution in [3.8, 4) is 0 Å². The second-order valence-electron chi connectivity index (χ2n) is 5.97. The van der Waals surface area contributed by atoms with Gasteiger partial charge >= 0.3 is 0 Å². The molecule has 0 aliphatic heterocycles. The first-order chi connectivity index (χ1) is 12.1. The normalized spacial score (nSPS) is 12.4. The van der Waals surface area contributed by atoms with Gasteiger partial charge in [-0.1, -0.05) is 12.1 Å². The molecule has 0 bridgehead atoms. The van der Waals surface area contributed by atoms with Crippen LogP contribution in [0.25, 0.3) is 11.0 Å². The lowest BCUT2D eigenvalue weighted by Crippen LogP contribution is -2.37. The fourth-order valence-electron chi connectivity index (χ4n) is 2.71. The molecule has 3 aromatic rings. The number of carbonyl (C=O) groups excluding carboxylic acids is 1. The number of nitrogens with zero attached hydrogens (tertiary/aromatic N) is 3. The Hall–Kier alpha value is -2.93. The molecule has 0 aliphatic rings. The molecule has 1 atom stereocenters. The summed E-state index contributed by atoms with van der Waals surface area (Å²) in [5.41, 5.74) is 1.01. The van der Waals surface area contributed by atoms with Crippen molar-refractivity contribution >= 4 is 16.9 Å². The second kappa shape index (κ2) is 7.31. The Labute approximate surface area is 144 Å². The quantitative estimate of drug-likeness (QED) is 0.734. The van der Waals surface area contributed by atoms with Gasteiger partial charge in [-0.15, -0.1) is 0 Å². The van der Waals surface area contributed by atoms with Crippen molar-refractivity contribution in [2.45, 2.75) is 12.6 Å². The molecule has 1 aromatic carbocycles. The van der Waals surface area contributed by atoms with Gasteiger partial charge in [0.05, 0.1) is 29.5 Å². The number of likely N-dealkylation sites (N-methyl/N-ethyl adjacent to an activating group) is 1. The van der Waals surface area contributed by atoms with Gasteiger partial charge in [-0.25, -0.2) is 4.98 Å². The Morgan fingerprint density at radius 1 is 1.28 bits per heavy atom. The molecule has 7 nitrogen and oxygen atoms in total. The number of fused-ring (bicyclic) bond motifs is 1. The highest BCUT2D eigenvalue weighted by atomic mass is 16.3. The highest BCUT2D eigenvalue weighted by Crippen LogP contribution is 2.17. The summed E-state index contributed by atoms with van der Waals surface area (Å²) >= 11 is 0. The predicted octanol–water partition coefficient (Wildman–Crippen LogP) is 1.41. The fraction of sp³-hybridized carbons (Fsp3) is 0.278. The van der Waals surface area contributed by atoms with E-state index in [4.69, 9.17) is 4.42 Å². The number of amides is 1. The average molecular weight is 340 g/mol. The minimum atomic E-state index is -0.302. The Balaban J connectivity index is 1.73. The van der Waals surface area contributed by atoms with Crippen LogP contribution in [-0.2, 0) is 11.3 Å². The van der Waals surface area contributed by atoms with Crippen LogP contribution in [0.5, 0.6) is 0 Å². The fourth-order valence-corrected chi connectivity index (χ4v) is 2.71. The van der Waals surface area contributed by atoms with E-state index in [9.17, 15) is 9.59 Å². The number of rotatable bonds is 6. The van der Waals surface area contributed by atoms with Crippen molar-refractivity contribution in [2.24, 2.45) is 0 Å². The second-order valence-corrected chi connectivity index (χ2v) is 5.97. The summed E-state index contributed by atoms with van der Waals surface area (Å²) in [7, 11) is 3.83. The molecular weight excluding hydrogens is 320 g/mol. The third kappa shape index (κ3) is 3.77. The zero-order valence-corrected chi connectivity index (χ0v) is 14.2. The molecule has 0 radical (unpaired) electrons. The van der Waals surface area contributed by atoms with E-state index in [0.29, 0.717) is 17.6 Å². The van der Waals surface area contributed by atoms with Gasteiger partial charge in [0.1, 0.15) is 12.3 Å². The van der Waals surface area contributed by atoms with Gasteiger partial charge in [-0.3, -0.25) is 19.1 Å². The van der Waals surface area contributed by atoms with Crippen LogP contribution in [0, 0.1) is 0 Å². The standard InChI is InChI=1S/C18H20N4O3/c1-21(2)15(16-8-5-9-25-16)10-20-17(23)12-22-14-7-4-3-6-13(14)19-11-18(22)24/h3-9,11,15H,10,12H2,1-2H3,(H,20,23). The molecular formula is C18H20N4O3. The number of hydrogen-bond donors (Lipinski definition) is 1. The van der Waals surface area contributed by atoms with Crippen molar-refractivity contribution in [3.05, 3.63) is 65.0 Å². The molecule has 0 spiro atoms. The molecule has 1 N–H and O–H groups in total. The number of aromatic nitrogens is 2. The van der Waals surface area contributed by atoms with Crippen molar-refractivity contribution < 1.29 is 9.21 Å². The van der Waals surface area contributed by atoms with E-state index in [-0.39, 0.29) is 24.1 Å². The van der Waals surface area contributed by atoms with E-state index in [1.807, 2.05) is 49.3 Å². The van der Waals surface area contributed by atoms with E-state index in [2.05, 4.69) is 10.3 Å². The number of nitrogens with one attached hydrogen (secondary N) is 1. The van der Waals surface area contributed by atoms with E-state index >= 15 is 0 Å².